The van der Waals surface area contributed by atoms with Crippen LogP contribution in [0, 0.1) is 0 Å². The number of hydrogen-bond donors (Lipinski definition) is 2. The Balaban J connectivity index is 4.06. The second-order valence-corrected chi connectivity index (χ2v) is 24.4. The predicted octanol–water partition coefficient (Wildman–Crippen LogP) is 24.7. The van der Waals surface area contributed by atoms with Crippen molar-refractivity contribution in [1.29, 1.82) is 0 Å². The topological polar surface area (TPSA) is 134 Å². The van der Waals surface area contributed by atoms with Gasteiger partial charge in [0.05, 0.1) is 13.2 Å². The van der Waals surface area contributed by atoms with Crippen molar-refractivity contribution >= 4 is 19.8 Å². The molecule has 0 saturated carbocycles. The second-order valence-electron chi connectivity index (χ2n) is 23.0. The van der Waals surface area contributed by atoms with Crippen LogP contribution in [0.1, 0.15) is 245 Å². The first-order valence-corrected chi connectivity index (χ1v) is 38.0. The van der Waals surface area contributed by atoms with Gasteiger partial charge in [0.2, 0.25) is 0 Å². The van der Waals surface area contributed by atoms with Crippen molar-refractivity contribution in [2.45, 2.75) is 251 Å². The zero-order chi connectivity index (χ0) is 68.6. The normalized spacial score (nSPS) is 14.4. The zero-order valence-corrected chi connectivity index (χ0v) is 60.2. The van der Waals surface area contributed by atoms with Crippen LogP contribution in [0.4, 0.5) is 0 Å². The third-order valence-corrected chi connectivity index (χ3v) is 15.2. The van der Waals surface area contributed by atoms with Gasteiger partial charge in [-0.2, -0.15) is 0 Å². The van der Waals surface area contributed by atoms with Crippen LogP contribution in [-0.2, 0) is 32.7 Å². The summed E-state index contributed by atoms with van der Waals surface area (Å²) in [7, 11) is -4.42. The molecule has 0 aromatic heterocycles. The number of carbonyl (C=O) groups excluding carboxylic acids is 2. The molecule has 0 radical (unpaired) electrons. The van der Waals surface area contributed by atoms with E-state index in [4.69, 9.17) is 24.3 Å². The van der Waals surface area contributed by atoms with Crippen LogP contribution in [0.3, 0.4) is 0 Å². The molecule has 0 saturated heterocycles. The molecule has 0 aliphatic carbocycles. The van der Waals surface area contributed by atoms with Gasteiger partial charge in [-0.1, -0.05) is 308 Å². The average molecular weight is 1320 g/mol. The Morgan fingerprint density at radius 1 is 0.316 bits per heavy atom. The SMILES string of the molecule is CC/C=C\C/C=C\C/C=C\C/C=C\C/C=C\C/C=C\C/C=C\C/C=C\C/C=C\C/C=C\C/C=C\CCCCCCCCCC(=O)OC(COC(=O)CCCCCCC/C=C\C/C=C\C/C=C\C/C=C\C/C=C\C/C=C\C/C=C\C/C=C\C/C=C\CC)COP(=O)(O)OCCN. The minimum absolute atomic E-state index is 0.0351. The predicted molar refractivity (Wildman–Crippen MR) is 412 cm³/mol. The Morgan fingerprint density at radius 2 is 0.547 bits per heavy atom. The highest BCUT2D eigenvalue weighted by molar-refractivity contribution is 7.47. The molecule has 0 bridgehead atoms. The van der Waals surface area contributed by atoms with Gasteiger partial charge in [-0.05, 0) is 167 Å². The van der Waals surface area contributed by atoms with Crippen LogP contribution >= 0.6 is 7.82 Å². The number of esters is 2. The van der Waals surface area contributed by atoms with Crippen molar-refractivity contribution in [3.8, 4) is 0 Å². The van der Waals surface area contributed by atoms with Crippen LogP contribution in [0.5, 0.6) is 0 Å². The molecule has 528 valence electrons. The molecule has 0 aliphatic heterocycles. The molecular formula is C85H130NO8P. The summed E-state index contributed by atoms with van der Waals surface area (Å²) >= 11 is 0. The number of phosphoric acid groups is 1. The molecule has 0 heterocycles. The molecule has 10 heteroatoms. The Kier molecular flexibility index (Phi) is 71.8. The Hall–Kier alpha value is -6.19. The fourth-order valence-corrected chi connectivity index (χ4v) is 9.69. The molecule has 2 unspecified atom stereocenters. The summed E-state index contributed by atoms with van der Waals surface area (Å²) in [6, 6.07) is 0. The highest BCUT2D eigenvalue weighted by atomic mass is 31.2. The summed E-state index contributed by atoms with van der Waals surface area (Å²) in [5.41, 5.74) is 5.40. The van der Waals surface area contributed by atoms with Gasteiger partial charge in [0, 0.05) is 19.4 Å². The quantitative estimate of drug-likeness (QED) is 0.0264. The molecule has 3 N–H and O–H groups in total. The average Bonchev–Trinajstić information content (AvgIpc) is 2.75. The lowest BCUT2D eigenvalue weighted by Gasteiger charge is -2.19. The van der Waals surface area contributed by atoms with Crippen molar-refractivity contribution < 1.29 is 37.6 Å². The molecule has 95 heavy (non-hydrogen) atoms. The van der Waals surface area contributed by atoms with Crippen molar-refractivity contribution in [3.05, 3.63) is 243 Å². The van der Waals surface area contributed by atoms with E-state index in [1.165, 1.54) is 12.8 Å². The van der Waals surface area contributed by atoms with Gasteiger partial charge < -0.3 is 20.1 Å². The smallest absolute Gasteiger partial charge is 0.462 e. The number of phosphoric ester groups is 1. The maximum Gasteiger partial charge on any atom is 0.472 e. The van der Waals surface area contributed by atoms with Crippen LogP contribution in [-0.4, -0.2) is 49.3 Å². The lowest BCUT2D eigenvalue weighted by molar-refractivity contribution is -0.161. The van der Waals surface area contributed by atoms with E-state index < -0.39 is 32.5 Å². The largest absolute Gasteiger partial charge is 0.472 e. The lowest BCUT2D eigenvalue weighted by Crippen LogP contribution is -2.29. The third-order valence-electron chi connectivity index (χ3n) is 14.2. The second kappa shape index (κ2) is 76.8. The molecule has 0 fully saturated rings. The molecule has 9 nitrogen and oxygen atoms in total. The minimum atomic E-state index is -4.42. The first-order valence-electron chi connectivity index (χ1n) is 36.5. The summed E-state index contributed by atoms with van der Waals surface area (Å²) in [5.74, 6) is -0.882. The molecule has 0 aromatic rings. The molecule has 0 amide bonds. The summed E-state index contributed by atoms with van der Waals surface area (Å²) in [4.78, 5) is 35.4. The van der Waals surface area contributed by atoms with E-state index in [0.717, 1.165) is 193 Å². The van der Waals surface area contributed by atoms with Gasteiger partial charge in [-0.25, -0.2) is 4.57 Å². The van der Waals surface area contributed by atoms with Crippen LogP contribution in [0.25, 0.3) is 0 Å². The van der Waals surface area contributed by atoms with Crippen molar-refractivity contribution in [2.24, 2.45) is 5.73 Å². The molecule has 0 aromatic carbocycles. The van der Waals surface area contributed by atoms with E-state index in [0.29, 0.717) is 12.8 Å². The van der Waals surface area contributed by atoms with Crippen LogP contribution in [0.15, 0.2) is 243 Å². The molecule has 0 spiro atoms. The summed E-state index contributed by atoms with van der Waals surface area (Å²) in [6.45, 7) is 3.45. The van der Waals surface area contributed by atoms with Gasteiger partial charge in [0.15, 0.2) is 6.10 Å². The highest BCUT2D eigenvalue weighted by Gasteiger charge is 2.26. The number of hydrogen-bond acceptors (Lipinski definition) is 8. The van der Waals surface area contributed by atoms with Gasteiger partial charge in [-0.15, -0.1) is 0 Å². The number of unbranched alkanes of at least 4 members (excludes halogenated alkanes) is 12. The zero-order valence-electron chi connectivity index (χ0n) is 59.3. The number of nitrogens with two attached hydrogens (primary N) is 1. The fourth-order valence-electron chi connectivity index (χ4n) is 8.93. The van der Waals surface area contributed by atoms with E-state index >= 15 is 0 Å². The lowest BCUT2D eigenvalue weighted by atomic mass is 10.1. The Bertz CT molecular complexity index is 2460. The Morgan fingerprint density at radius 3 is 0.811 bits per heavy atom. The first kappa shape index (κ1) is 88.8. The molecular weight excluding hydrogens is 1190 g/mol. The number of ether oxygens (including phenoxy) is 2. The van der Waals surface area contributed by atoms with E-state index in [-0.39, 0.29) is 32.6 Å². The van der Waals surface area contributed by atoms with Crippen LogP contribution in [0.2, 0.25) is 0 Å². The standard InChI is InChI=1S/C85H130NO8P/c1-3-5-7-9-11-13-15-17-19-21-23-25-27-29-31-33-35-37-38-39-40-41-42-43-44-46-48-50-52-54-56-58-60-62-64-66-68-70-72-74-76-78-85(88)94-83(82-93-95(89,90)92-80-79-86)81-91-84(87)77-75-73-71-69-67-65-63-61-59-57-55-53-51-49-47-45-36-34-32-30-28-26-24-22-20-18-16-14-12-10-8-6-4-2/h5-8,11-14,17-20,23-26,29-32,35-37,39-40,42-43,45-46,48-49,51-52,54-55,57-58,60-61,63,83H,3-4,9-10,15-16,21-22,27-28,33-34,38,41,44,47,50,53,56,59,62,64-82,86H2,1-2H3,(H,89,90)/b7-5-,8-6-,13-11-,14-12-,19-17-,20-18-,25-23-,26-24-,31-29-,32-30-,37-35-,40-39-,43-42-,45-36-,48-46-,51-49-,54-52-,57-55-,60-58-,63-61-. The van der Waals surface area contributed by atoms with Crippen molar-refractivity contribution in [2.75, 3.05) is 26.4 Å². The van der Waals surface area contributed by atoms with E-state index in [1.54, 1.807) is 0 Å². The summed E-state index contributed by atoms with van der Waals surface area (Å²) in [6.07, 6.45) is 122. The highest BCUT2D eigenvalue weighted by Crippen LogP contribution is 2.43. The van der Waals surface area contributed by atoms with E-state index in [9.17, 15) is 19.0 Å². The summed E-state index contributed by atoms with van der Waals surface area (Å²) < 4.78 is 33.2. The monoisotopic (exact) mass is 1320 g/mol. The summed E-state index contributed by atoms with van der Waals surface area (Å²) in [5, 5.41) is 0. The maximum atomic E-state index is 12.8. The van der Waals surface area contributed by atoms with Gasteiger partial charge >= 0.3 is 19.8 Å². The number of allylic oxidation sites excluding steroid dienone is 40. The van der Waals surface area contributed by atoms with Crippen molar-refractivity contribution in [1.82, 2.24) is 0 Å². The first-order chi connectivity index (χ1) is 46.8. The maximum absolute atomic E-state index is 12.8. The van der Waals surface area contributed by atoms with Gasteiger partial charge in [-0.3, -0.25) is 18.6 Å². The van der Waals surface area contributed by atoms with E-state index in [2.05, 4.69) is 257 Å². The molecule has 0 rings (SSSR count). The molecule has 2 atom stereocenters. The fraction of sp³-hybridized carbons (Fsp3) is 0.506. The third kappa shape index (κ3) is 76.7. The van der Waals surface area contributed by atoms with Crippen LogP contribution < -0.4 is 5.73 Å². The van der Waals surface area contributed by atoms with Gasteiger partial charge in [0.1, 0.15) is 6.61 Å². The number of carbonyl (C=O) groups is 2. The van der Waals surface area contributed by atoms with Crippen molar-refractivity contribution in [3.63, 3.8) is 0 Å². The minimum Gasteiger partial charge on any atom is -0.462 e. The van der Waals surface area contributed by atoms with Gasteiger partial charge in [0.25, 0.3) is 0 Å². The van der Waals surface area contributed by atoms with E-state index in [1.807, 2.05) is 0 Å². The number of rotatable bonds is 65. The Labute approximate surface area is 580 Å². The molecule has 0 aliphatic rings.